The highest BCUT2D eigenvalue weighted by molar-refractivity contribution is 6.30. The van der Waals surface area contributed by atoms with Crippen molar-refractivity contribution in [1.29, 1.82) is 0 Å². The topological polar surface area (TPSA) is 41.6 Å². The molecule has 0 unspecified atom stereocenters. The van der Waals surface area contributed by atoms with Crippen molar-refractivity contribution < 1.29 is 13.9 Å². The lowest BCUT2D eigenvalue weighted by atomic mass is 10.2. The van der Waals surface area contributed by atoms with Crippen molar-refractivity contribution in [2.24, 2.45) is 0 Å². The van der Waals surface area contributed by atoms with Gasteiger partial charge in [0.15, 0.2) is 0 Å². The van der Waals surface area contributed by atoms with Gasteiger partial charge in [0.05, 0.1) is 13.7 Å². The van der Waals surface area contributed by atoms with Gasteiger partial charge in [-0.1, -0.05) is 11.6 Å². The van der Waals surface area contributed by atoms with Gasteiger partial charge in [0.1, 0.15) is 11.6 Å². The zero-order valence-electron chi connectivity index (χ0n) is 13.0. The minimum Gasteiger partial charge on any atom is -0.496 e. The molecule has 0 spiro atoms. The van der Waals surface area contributed by atoms with Crippen LogP contribution < -0.4 is 10.1 Å². The average Bonchev–Trinajstić information content (AvgIpc) is 2.49. The summed E-state index contributed by atoms with van der Waals surface area (Å²) < 4.78 is 18.6. The van der Waals surface area contributed by atoms with Crippen molar-refractivity contribution in [1.82, 2.24) is 4.90 Å². The molecular weight excluding hydrogens is 319 g/mol. The van der Waals surface area contributed by atoms with Crippen LogP contribution in [0.3, 0.4) is 0 Å². The number of nitrogens with zero attached hydrogens (tertiary/aromatic N) is 1. The smallest absolute Gasteiger partial charge is 0.238 e. The van der Waals surface area contributed by atoms with E-state index in [1.165, 1.54) is 19.2 Å². The number of rotatable bonds is 6. The molecule has 0 atom stereocenters. The number of amides is 1. The monoisotopic (exact) mass is 336 g/mol. The fourth-order valence-electron chi connectivity index (χ4n) is 2.20. The second kappa shape index (κ2) is 7.94. The Labute approximate surface area is 139 Å². The fourth-order valence-corrected chi connectivity index (χ4v) is 2.32. The normalized spacial score (nSPS) is 10.7. The Morgan fingerprint density at radius 1 is 1.26 bits per heavy atom. The van der Waals surface area contributed by atoms with E-state index in [0.717, 1.165) is 0 Å². The van der Waals surface area contributed by atoms with Crippen LogP contribution in [-0.4, -0.2) is 31.5 Å². The Morgan fingerprint density at radius 3 is 2.61 bits per heavy atom. The first kappa shape index (κ1) is 17.2. The van der Waals surface area contributed by atoms with E-state index in [-0.39, 0.29) is 18.3 Å². The first-order chi connectivity index (χ1) is 11.0. The van der Waals surface area contributed by atoms with Gasteiger partial charge < -0.3 is 10.1 Å². The molecule has 0 bridgehead atoms. The van der Waals surface area contributed by atoms with Gasteiger partial charge in [-0.2, -0.15) is 0 Å². The Balaban J connectivity index is 1.93. The maximum Gasteiger partial charge on any atom is 0.238 e. The summed E-state index contributed by atoms with van der Waals surface area (Å²) in [5.74, 6) is 0.0985. The fraction of sp³-hybridized carbons (Fsp3) is 0.235. The molecule has 1 amide bonds. The van der Waals surface area contributed by atoms with E-state index in [2.05, 4.69) is 5.32 Å². The Kier molecular flexibility index (Phi) is 5.96. The second-order valence-corrected chi connectivity index (χ2v) is 5.62. The predicted molar refractivity (Wildman–Crippen MR) is 89.4 cm³/mol. The van der Waals surface area contributed by atoms with E-state index in [9.17, 15) is 9.18 Å². The van der Waals surface area contributed by atoms with Crippen LogP contribution in [0.15, 0.2) is 42.5 Å². The largest absolute Gasteiger partial charge is 0.496 e. The third kappa shape index (κ3) is 5.23. The maximum absolute atomic E-state index is 13.4. The zero-order chi connectivity index (χ0) is 16.8. The number of likely N-dealkylation sites (N-methyl/N-ethyl adjacent to an activating group) is 1. The van der Waals surface area contributed by atoms with Crippen molar-refractivity contribution in [2.45, 2.75) is 6.54 Å². The third-order valence-electron chi connectivity index (χ3n) is 3.22. The van der Waals surface area contributed by atoms with Gasteiger partial charge >= 0.3 is 0 Å². The third-order valence-corrected chi connectivity index (χ3v) is 3.48. The molecule has 0 aliphatic carbocycles. The van der Waals surface area contributed by atoms with Crippen molar-refractivity contribution in [3.05, 3.63) is 58.9 Å². The molecule has 0 aliphatic rings. The van der Waals surface area contributed by atoms with Crippen LogP contribution in [-0.2, 0) is 11.3 Å². The lowest BCUT2D eigenvalue weighted by Gasteiger charge is -2.18. The van der Waals surface area contributed by atoms with Gasteiger partial charge in [-0.25, -0.2) is 4.39 Å². The number of hydrogen-bond donors (Lipinski definition) is 1. The lowest BCUT2D eigenvalue weighted by Crippen LogP contribution is -2.30. The number of carbonyl (C=O) groups excluding carboxylic acids is 1. The number of ether oxygens (including phenoxy) is 1. The molecule has 0 fully saturated rings. The van der Waals surface area contributed by atoms with Gasteiger partial charge in [-0.15, -0.1) is 0 Å². The number of halogens is 2. The maximum atomic E-state index is 13.4. The van der Waals surface area contributed by atoms with E-state index in [1.807, 2.05) is 0 Å². The summed E-state index contributed by atoms with van der Waals surface area (Å²) >= 11 is 5.80. The van der Waals surface area contributed by atoms with Crippen molar-refractivity contribution in [3.8, 4) is 5.75 Å². The second-order valence-electron chi connectivity index (χ2n) is 5.18. The summed E-state index contributed by atoms with van der Waals surface area (Å²) in [7, 11) is 3.32. The summed E-state index contributed by atoms with van der Waals surface area (Å²) in [5.41, 5.74) is 1.37. The van der Waals surface area contributed by atoms with Crippen molar-refractivity contribution >= 4 is 23.2 Å². The highest BCUT2D eigenvalue weighted by Gasteiger charge is 2.11. The number of methoxy groups -OCH3 is 1. The number of hydrogen-bond acceptors (Lipinski definition) is 3. The molecule has 1 N–H and O–H groups in total. The molecule has 0 saturated heterocycles. The Morgan fingerprint density at radius 2 is 1.96 bits per heavy atom. The molecule has 0 saturated carbocycles. The lowest BCUT2D eigenvalue weighted by molar-refractivity contribution is -0.117. The number of carbonyl (C=O) groups is 1. The summed E-state index contributed by atoms with van der Waals surface area (Å²) in [6.07, 6.45) is 0. The van der Waals surface area contributed by atoms with Gasteiger partial charge in [0.2, 0.25) is 5.91 Å². The molecule has 6 heteroatoms. The standard InChI is InChI=1S/C17H18ClFN2O2/c1-21(10-12-9-14(19)5-8-16(12)23-2)11-17(22)20-15-6-3-13(18)4-7-15/h3-9H,10-11H2,1-2H3,(H,20,22). The number of benzene rings is 2. The van der Waals surface area contributed by atoms with Gasteiger partial charge in [-0.3, -0.25) is 9.69 Å². The van der Waals surface area contributed by atoms with E-state index < -0.39 is 0 Å². The van der Waals surface area contributed by atoms with E-state index in [4.69, 9.17) is 16.3 Å². The quantitative estimate of drug-likeness (QED) is 0.877. The first-order valence-corrected chi connectivity index (χ1v) is 7.42. The minimum absolute atomic E-state index is 0.162. The van der Waals surface area contributed by atoms with Gasteiger partial charge in [0.25, 0.3) is 0 Å². The van der Waals surface area contributed by atoms with Crippen LogP contribution in [0.5, 0.6) is 5.75 Å². The molecule has 0 radical (unpaired) electrons. The molecule has 2 aromatic rings. The Hall–Kier alpha value is -2.11. The average molecular weight is 337 g/mol. The number of anilines is 1. The van der Waals surface area contributed by atoms with Crippen LogP contribution in [0.25, 0.3) is 0 Å². The van der Waals surface area contributed by atoms with Crippen LogP contribution in [0, 0.1) is 5.82 Å². The number of nitrogens with one attached hydrogen (secondary N) is 1. The Bertz CT molecular complexity index is 677. The molecule has 0 heterocycles. The van der Waals surface area contributed by atoms with Crippen molar-refractivity contribution in [3.63, 3.8) is 0 Å². The van der Waals surface area contributed by atoms with Crippen LogP contribution >= 0.6 is 11.6 Å². The molecule has 0 aromatic heterocycles. The minimum atomic E-state index is -0.334. The molecule has 23 heavy (non-hydrogen) atoms. The highest BCUT2D eigenvalue weighted by Crippen LogP contribution is 2.20. The van der Waals surface area contributed by atoms with Gasteiger partial charge in [0, 0.05) is 22.8 Å². The molecule has 2 aromatic carbocycles. The van der Waals surface area contributed by atoms with Crippen LogP contribution in [0.2, 0.25) is 5.02 Å². The van der Waals surface area contributed by atoms with E-state index >= 15 is 0 Å². The van der Waals surface area contributed by atoms with Crippen LogP contribution in [0.1, 0.15) is 5.56 Å². The molecule has 2 rings (SSSR count). The molecule has 0 aliphatic heterocycles. The summed E-state index contributed by atoms with van der Waals surface area (Å²) in [5, 5.41) is 3.39. The van der Waals surface area contributed by atoms with E-state index in [0.29, 0.717) is 28.6 Å². The molecular formula is C17H18ClFN2O2. The first-order valence-electron chi connectivity index (χ1n) is 7.04. The van der Waals surface area contributed by atoms with E-state index in [1.54, 1.807) is 42.3 Å². The van der Waals surface area contributed by atoms with Crippen molar-refractivity contribution in [2.75, 3.05) is 26.0 Å². The molecule has 4 nitrogen and oxygen atoms in total. The predicted octanol–water partition coefficient (Wildman–Crippen LogP) is 3.56. The van der Waals surface area contributed by atoms with Gasteiger partial charge in [-0.05, 0) is 49.5 Å². The summed E-state index contributed by atoms with van der Waals surface area (Å²) in [4.78, 5) is 13.8. The highest BCUT2D eigenvalue weighted by atomic mass is 35.5. The summed E-state index contributed by atoms with van der Waals surface area (Å²) in [6.45, 7) is 0.567. The SMILES string of the molecule is COc1ccc(F)cc1CN(C)CC(=O)Nc1ccc(Cl)cc1. The summed E-state index contributed by atoms with van der Waals surface area (Å²) in [6, 6.07) is 11.2. The molecule has 122 valence electrons. The van der Waals surface area contributed by atoms with Crippen LogP contribution in [0.4, 0.5) is 10.1 Å². The zero-order valence-corrected chi connectivity index (χ0v) is 13.7.